The fourth-order valence-electron chi connectivity index (χ4n) is 1.87. The molecule has 0 amide bonds. The second-order valence-corrected chi connectivity index (χ2v) is 6.41. The monoisotopic (exact) mass is 305 g/mol. The number of hydrogen-bond acceptors (Lipinski definition) is 4. The van der Waals surface area contributed by atoms with Crippen molar-refractivity contribution in [2.75, 3.05) is 0 Å². The maximum atomic E-state index is 6.34. The first-order valence-corrected chi connectivity index (χ1v) is 7.89. The van der Waals surface area contributed by atoms with Gasteiger partial charge in [0.15, 0.2) is 5.16 Å². The molecule has 0 bridgehead atoms. The summed E-state index contributed by atoms with van der Waals surface area (Å²) in [5.74, 6) is 0. The van der Waals surface area contributed by atoms with Crippen molar-refractivity contribution in [2.24, 2.45) is 0 Å². The van der Waals surface area contributed by atoms with Crippen LogP contribution in [0.15, 0.2) is 40.6 Å². The van der Waals surface area contributed by atoms with E-state index in [-0.39, 0.29) is 0 Å². The number of hydrogen-bond donors (Lipinski definition) is 1. The van der Waals surface area contributed by atoms with Gasteiger partial charge in [-0.2, -0.15) is 0 Å². The molecule has 3 rings (SSSR count). The minimum atomic E-state index is 0.683. The average Bonchev–Trinajstić information content (AvgIpc) is 3.26. The molecule has 2 aromatic rings. The number of rotatable bonds is 5. The predicted octanol–water partition coefficient (Wildman–Crippen LogP) is 3.84. The molecule has 1 fully saturated rings. The van der Waals surface area contributed by atoms with E-state index >= 15 is 0 Å². The SMILES string of the molecule is Cc1cnc(Sc2c(Cl)cccc2CNC2CC2)nc1. The highest BCUT2D eigenvalue weighted by Gasteiger charge is 2.21. The number of halogens is 1. The van der Waals surface area contributed by atoms with Gasteiger partial charge < -0.3 is 5.32 Å². The highest BCUT2D eigenvalue weighted by Crippen LogP contribution is 2.34. The lowest BCUT2D eigenvalue weighted by Crippen LogP contribution is -2.15. The Hall–Kier alpha value is -1.10. The first-order valence-electron chi connectivity index (χ1n) is 6.69. The van der Waals surface area contributed by atoms with Crippen LogP contribution in [0.4, 0.5) is 0 Å². The molecular weight excluding hydrogens is 290 g/mol. The van der Waals surface area contributed by atoms with Crippen molar-refractivity contribution >= 4 is 23.4 Å². The van der Waals surface area contributed by atoms with Crippen molar-refractivity contribution < 1.29 is 0 Å². The van der Waals surface area contributed by atoms with E-state index in [4.69, 9.17) is 11.6 Å². The smallest absolute Gasteiger partial charge is 0.192 e. The normalized spacial score (nSPS) is 14.5. The first-order chi connectivity index (χ1) is 9.72. The summed E-state index contributed by atoms with van der Waals surface area (Å²) in [5.41, 5.74) is 2.27. The van der Waals surface area contributed by atoms with Crippen molar-refractivity contribution in [2.45, 2.75) is 42.4 Å². The Morgan fingerprint density at radius 1 is 1.30 bits per heavy atom. The lowest BCUT2D eigenvalue weighted by atomic mass is 10.2. The molecule has 1 aromatic carbocycles. The van der Waals surface area contributed by atoms with E-state index in [0.29, 0.717) is 6.04 Å². The van der Waals surface area contributed by atoms with Crippen LogP contribution in [0.5, 0.6) is 0 Å². The van der Waals surface area contributed by atoms with Crippen molar-refractivity contribution in [1.29, 1.82) is 0 Å². The van der Waals surface area contributed by atoms with Crippen LogP contribution in [0.2, 0.25) is 5.02 Å². The van der Waals surface area contributed by atoms with Gasteiger partial charge in [-0.15, -0.1) is 0 Å². The van der Waals surface area contributed by atoms with Gasteiger partial charge >= 0.3 is 0 Å². The topological polar surface area (TPSA) is 37.8 Å². The number of aryl methyl sites for hydroxylation is 1. The molecule has 1 aliphatic rings. The first kappa shape index (κ1) is 13.9. The van der Waals surface area contributed by atoms with Gasteiger partial charge in [0.2, 0.25) is 0 Å². The highest BCUT2D eigenvalue weighted by molar-refractivity contribution is 7.99. The highest BCUT2D eigenvalue weighted by atomic mass is 35.5. The lowest BCUT2D eigenvalue weighted by Gasteiger charge is -2.11. The Morgan fingerprint density at radius 2 is 2.05 bits per heavy atom. The van der Waals surface area contributed by atoms with E-state index in [1.165, 1.54) is 30.2 Å². The van der Waals surface area contributed by atoms with E-state index < -0.39 is 0 Å². The Kier molecular flexibility index (Phi) is 4.24. The molecule has 0 atom stereocenters. The van der Waals surface area contributed by atoms with Crippen molar-refractivity contribution in [3.05, 3.63) is 46.7 Å². The summed E-state index contributed by atoms with van der Waals surface area (Å²) in [7, 11) is 0. The van der Waals surface area contributed by atoms with Crippen molar-refractivity contribution in [3.8, 4) is 0 Å². The van der Waals surface area contributed by atoms with Crippen molar-refractivity contribution in [1.82, 2.24) is 15.3 Å². The quantitative estimate of drug-likeness (QED) is 0.852. The minimum absolute atomic E-state index is 0.683. The molecule has 0 saturated heterocycles. The van der Waals surface area contributed by atoms with E-state index in [1.807, 2.05) is 31.5 Å². The van der Waals surface area contributed by atoms with Crippen LogP contribution in [-0.4, -0.2) is 16.0 Å². The summed E-state index contributed by atoms with van der Waals surface area (Å²) in [6, 6.07) is 6.70. The molecule has 1 N–H and O–H groups in total. The Balaban J connectivity index is 1.80. The summed E-state index contributed by atoms with van der Waals surface area (Å²) in [6.45, 7) is 2.83. The second-order valence-electron chi connectivity index (χ2n) is 5.03. The molecule has 0 radical (unpaired) electrons. The third kappa shape index (κ3) is 3.51. The summed E-state index contributed by atoms with van der Waals surface area (Å²) < 4.78 is 0. The maximum Gasteiger partial charge on any atom is 0.192 e. The van der Waals surface area contributed by atoms with Crippen LogP contribution >= 0.6 is 23.4 Å². The molecule has 0 aliphatic heterocycles. The molecule has 1 aromatic heterocycles. The van der Waals surface area contributed by atoms with Gasteiger partial charge in [0.05, 0.1) is 5.02 Å². The Morgan fingerprint density at radius 3 is 2.75 bits per heavy atom. The van der Waals surface area contributed by atoms with Gasteiger partial charge in [0, 0.05) is 29.9 Å². The van der Waals surface area contributed by atoms with Gasteiger partial charge in [-0.25, -0.2) is 9.97 Å². The van der Waals surface area contributed by atoms with Gasteiger partial charge in [-0.3, -0.25) is 0 Å². The van der Waals surface area contributed by atoms with E-state index in [2.05, 4.69) is 21.4 Å². The molecular formula is C15H16ClN3S. The number of benzene rings is 1. The van der Waals surface area contributed by atoms with Crippen molar-refractivity contribution in [3.63, 3.8) is 0 Å². The van der Waals surface area contributed by atoms with Gasteiger partial charge in [0.25, 0.3) is 0 Å². The molecule has 3 nitrogen and oxygen atoms in total. The van der Waals surface area contributed by atoms with Crippen LogP contribution in [-0.2, 0) is 6.54 Å². The minimum Gasteiger partial charge on any atom is -0.310 e. The molecule has 5 heteroatoms. The molecule has 0 spiro atoms. The summed E-state index contributed by atoms with van der Waals surface area (Å²) >= 11 is 7.86. The average molecular weight is 306 g/mol. The maximum absolute atomic E-state index is 6.34. The Labute approximate surface area is 128 Å². The molecule has 0 unspecified atom stereocenters. The van der Waals surface area contributed by atoms with E-state index in [9.17, 15) is 0 Å². The molecule has 20 heavy (non-hydrogen) atoms. The zero-order valence-corrected chi connectivity index (χ0v) is 12.8. The molecule has 1 heterocycles. The number of nitrogens with one attached hydrogen (secondary N) is 1. The fourth-order valence-corrected chi connectivity index (χ4v) is 3.01. The van der Waals surface area contributed by atoms with E-state index in [0.717, 1.165) is 27.2 Å². The van der Waals surface area contributed by atoms with Crippen LogP contribution in [0.1, 0.15) is 24.0 Å². The fraction of sp³-hybridized carbons (Fsp3) is 0.333. The standard InChI is InChI=1S/C15H16ClN3S/c1-10-7-18-15(19-8-10)20-14-11(3-2-4-13(14)16)9-17-12-5-6-12/h2-4,7-8,12,17H,5-6,9H2,1H3. The van der Waals surface area contributed by atoms with Gasteiger partial charge in [-0.1, -0.05) is 23.7 Å². The Bertz CT molecular complexity index is 597. The number of aromatic nitrogens is 2. The summed E-state index contributed by atoms with van der Waals surface area (Å²) in [5, 5.41) is 5.01. The van der Waals surface area contributed by atoms with Crippen LogP contribution in [0.25, 0.3) is 0 Å². The largest absolute Gasteiger partial charge is 0.310 e. The molecule has 104 valence electrons. The van der Waals surface area contributed by atoms with Gasteiger partial charge in [0.1, 0.15) is 0 Å². The van der Waals surface area contributed by atoms with E-state index in [1.54, 1.807) is 0 Å². The predicted molar refractivity (Wildman–Crippen MR) is 82.2 cm³/mol. The zero-order valence-electron chi connectivity index (χ0n) is 11.3. The number of nitrogens with zero attached hydrogens (tertiary/aromatic N) is 2. The third-order valence-corrected chi connectivity index (χ3v) is 4.66. The van der Waals surface area contributed by atoms with Gasteiger partial charge in [-0.05, 0) is 48.7 Å². The summed E-state index contributed by atoms with van der Waals surface area (Å²) in [4.78, 5) is 9.72. The molecule has 1 saturated carbocycles. The van der Waals surface area contributed by atoms with Crippen LogP contribution in [0.3, 0.4) is 0 Å². The van der Waals surface area contributed by atoms with Crippen LogP contribution < -0.4 is 5.32 Å². The third-order valence-electron chi connectivity index (χ3n) is 3.16. The zero-order chi connectivity index (χ0) is 13.9. The molecule has 1 aliphatic carbocycles. The van der Waals surface area contributed by atoms with Crippen LogP contribution in [0, 0.1) is 6.92 Å². The second kappa shape index (κ2) is 6.12. The summed E-state index contributed by atoms with van der Waals surface area (Å²) in [6.07, 6.45) is 6.22. The lowest BCUT2D eigenvalue weighted by molar-refractivity contribution is 0.680.